The minimum Gasteiger partial charge on any atom is -0.490 e. The number of nitriles is 1. The van der Waals surface area contributed by atoms with Crippen LogP contribution in [-0.2, 0) is 0 Å². The summed E-state index contributed by atoms with van der Waals surface area (Å²) < 4.78 is 12.1. The number of carbonyl (C=O) groups excluding carboxylic acids is 2. The van der Waals surface area contributed by atoms with Gasteiger partial charge in [-0.1, -0.05) is 57.9 Å². The Kier molecular flexibility index (Phi) is 8.67. The summed E-state index contributed by atoms with van der Waals surface area (Å²) in [5.74, 6) is -0.448. The number of amides is 1. The molecule has 1 heterocycles. The first-order valence-corrected chi connectivity index (χ1v) is 13.9. The molecule has 0 radical (unpaired) electrons. The number of hydrogen-bond donors (Lipinski definition) is 2. The molecule has 2 N–H and O–H groups in total. The van der Waals surface area contributed by atoms with Crippen LogP contribution in [0, 0.1) is 11.3 Å². The number of aromatic amines is 1. The highest BCUT2D eigenvalue weighted by atomic mass is 79.9. The maximum Gasteiger partial charge on any atom is 0.343 e. The lowest BCUT2D eigenvalue weighted by atomic mass is 10.0. The summed E-state index contributed by atoms with van der Waals surface area (Å²) >= 11 is 9.84. The summed E-state index contributed by atoms with van der Waals surface area (Å²) in [7, 11) is 0. The monoisotopic (exact) mass is 640 g/mol. The van der Waals surface area contributed by atoms with Crippen molar-refractivity contribution in [2.75, 3.05) is 6.61 Å². The highest BCUT2D eigenvalue weighted by Gasteiger charge is 2.22. The molecule has 0 unspecified atom stereocenters. The predicted octanol–water partition coefficient (Wildman–Crippen LogP) is 7.50. The molecule has 0 saturated carbocycles. The highest BCUT2D eigenvalue weighted by Crippen LogP contribution is 2.37. The van der Waals surface area contributed by atoms with Crippen molar-refractivity contribution in [3.63, 3.8) is 0 Å². The fourth-order valence-electron chi connectivity index (χ4n) is 4.35. The van der Waals surface area contributed by atoms with E-state index < -0.39 is 11.9 Å². The van der Waals surface area contributed by atoms with Gasteiger partial charge in [0.25, 0.3) is 5.91 Å². The van der Waals surface area contributed by atoms with Crippen molar-refractivity contribution in [1.82, 2.24) is 10.4 Å². The molecule has 0 aliphatic rings. The fourth-order valence-corrected chi connectivity index (χ4v) is 4.84. The summed E-state index contributed by atoms with van der Waals surface area (Å²) in [6.07, 6.45) is 1.44. The topological polar surface area (TPSA) is 117 Å². The van der Waals surface area contributed by atoms with Gasteiger partial charge in [-0.05, 0) is 67.1 Å². The summed E-state index contributed by atoms with van der Waals surface area (Å²) in [6.45, 7) is 2.16. The molecule has 10 heteroatoms. The van der Waals surface area contributed by atoms with Crippen LogP contribution in [0.25, 0.3) is 22.0 Å². The molecule has 42 heavy (non-hydrogen) atoms. The first-order chi connectivity index (χ1) is 20.4. The van der Waals surface area contributed by atoms with E-state index in [1.54, 1.807) is 66.7 Å². The van der Waals surface area contributed by atoms with Crippen LogP contribution in [-0.4, -0.2) is 29.7 Å². The molecule has 5 rings (SSSR count). The Bertz CT molecular complexity index is 1880. The Hall–Kier alpha value is -4.91. The average Bonchev–Trinajstić information content (AvgIpc) is 3.39. The molecule has 0 atom stereocenters. The minimum atomic E-state index is -0.524. The van der Waals surface area contributed by atoms with Crippen molar-refractivity contribution in [3.05, 3.63) is 117 Å². The van der Waals surface area contributed by atoms with Gasteiger partial charge in [0, 0.05) is 26.0 Å². The SMILES string of the molecule is CCOc1cc(C=NNC(=O)c2[nH]c3c(C#N)cccc3c2-c2ccccc2Cl)ccc1OC(=O)c1ccc(Br)cc1. The van der Waals surface area contributed by atoms with E-state index in [9.17, 15) is 14.9 Å². The number of hydrazone groups is 1. The van der Waals surface area contributed by atoms with E-state index >= 15 is 0 Å². The van der Waals surface area contributed by atoms with Gasteiger partial charge in [0.2, 0.25) is 0 Å². The Labute approximate surface area is 254 Å². The summed E-state index contributed by atoms with van der Waals surface area (Å²) in [5, 5.41) is 14.9. The van der Waals surface area contributed by atoms with Gasteiger partial charge in [0.1, 0.15) is 11.8 Å². The number of benzene rings is 4. The number of ether oxygens (including phenoxy) is 2. The zero-order valence-electron chi connectivity index (χ0n) is 22.2. The molecule has 1 amide bonds. The van der Waals surface area contributed by atoms with Crippen LogP contribution in [0.2, 0.25) is 5.02 Å². The van der Waals surface area contributed by atoms with Crippen molar-refractivity contribution >= 4 is 56.5 Å². The molecular weight excluding hydrogens is 620 g/mol. The van der Waals surface area contributed by atoms with E-state index in [1.165, 1.54) is 6.21 Å². The number of para-hydroxylation sites is 1. The smallest absolute Gasteiger partial charge is 0.343 e. The first kappa shape index (κ1) is 28.6. The average molecular weight is 642 g/mol. The highest BCUT2D eigenvalue weighted by molar-refractivity contribution is 9.10. The number of aromatic nitrogens is 1. The van der Waals surface area contributed by atoms with Crippen molar-refractivity contribution in [2.45, 2.75) is 6.92 Å². The standard InChI is InChI=1S/C32H22BrClN4O4/c1-2-41-27-16-19(10-15-26(27)42-32(40)20-11-13-22(33)14-12-20)18-36-38-31(39)30-28(23-7-3-4-9-25(23)34)24-8-5-6-21(17-35)29(24)37-30/h3-16,18,37H,2H2,1H3,(H,38,39). The molecule has 1 aromatic heterocycles. The van der Waals surface area contributed by atoms with Gasteiger partial charge in [-0.25, -0.2) is 10.2 Å². The molecular formula is C32H22BrClN4O4. The summed E-state index contributed by atoms with van der Waals surface area (Å²) in [6, 6.07) is 26.3. The van der Waals surface area contributed by atoms with Gasteiger partial charge < -0.3 is 14.5 Å². The molecule has 0 saturated heterocycles. The summed E-state index contributed by atoms with van der Waals surface area (Å²) in [5.41, 5.74) is 5.87. The Morgan fingerprint density at radius 3 is 2.57 bits per heavy atom. The van der Waals surface area contributed by atoms with Crippen LogP contribution >= 0.6 is 27.5 Å². The normalized spacial score (nSPS) is 10.9. The van der Waals surface area contributed by atoms with Crippen LogP contribution < -0.4 is 14.9 Å². The van der Waals surface area contributed by atoms with E-state index in [4.69, 9.17) is 21.1 Å². The first-order valence-electron chi connectivity index (χ1n) is 12.8. The molecule has 0 spiro atoms. The second kappa shape index (κ2) is 12.7. The second-order valence-electron chi connectivity index (χ2n) is 8.93. The number of H-pyrrole nitrogens is 1. The Morgan fingerprint density at radius 2 is 1.83 bits per heavy atom. The Morgan fingerprint density at radius 1 is 1.05 bits per heavy atom. The molecule has 0 aliphatic carbocycles. The maximum absolute atomic E-state index is 13.3. The zero-order chi connectivity index (χ0) is 29.6. The number of rotatable bonds is 8. The number of esters is 1. The van der Waals surface area contributed by atoms with Gasteiger partial charge in [0.15, 0.2) is 11.5 Å². The van der Waals surface area contributed by atoms with E-state index in [2.05, 4.69) is 37.5 Å². The van der Waals surface area contributed by atoms with Crippen molar-refractivity contribution in [1.29, 1.82) is 5.26 Å². The van der Waals surface area contributed by atoms with Gasteiger partial charge in [-0.3, -0.25) is 4.79 Å². The number of nitrogens with zero attached hydrogens (tertiary/aromatic N) is 2. The zero-order valence-corrected chi connectivity index (χ0v) is 24.5. The third kappa shape index (κ3) is 6.05. The molecule has 0 fully saturated rings. The molecule has 0 aliphatic heterocycles. The molecule has 0 bridgehead atoms. The number of carbonyl (C=O) groups is 2. The van der Waals surface area contributed by atoms with E-state index in [0.29, 0.717) is 56.1 Å². The molecule has 8 nitrogen and oxygen atoms in total. The van der Waals surface area contributed by atoms with Crippen LogP contribution in [0.15, 0.2) is 94.5 Å². The number of halogens is 2. The van der Waals surface area contributed by atoms with Crippen LogP contribution in [0.3, 0.4) is 0 Å². The van der Waals surface area contributed by atoms with Crippen molar-refractivity contribution in [3.8, 4) is 28.7 Å². The maximum atomic E-state index is 13.3. The van der Waals surface area contributed by atoms with Crippen LogP contribution in [0.1, 0.15) is 38.9 Å². The number of hydrogen-bond acceptors (Lipinski definition) is 6. The number of fused-ring (bicyclic) bond motifs is 1. The lowest BCUT2D eigenvalue weighted by molar-refractivity contribution is 0.0728. The van der Waals surface area contributed by atoms with Gasteiger partial charge >= 0.3 is 5.97 Å². The largest absolute Gasteiger partial charge is 0.490 e. The molecule has 208 valence electrons. The second-order valence-corrected chi connectivity index (χ2v) is 10.3. The van der Waals surface area contributed by atoms with Crippen molar-refractivity contribution in [2.24, 2.45) is 5.10 Å². The Balaban J connectivity index is 1.39. The molecule has 4 aromatic carbocycles. The van der Waals surface area contributed by atoms with Gasteiger partial charge in [-0.2, -0.15) is 10.4 Å². The van der Waals surface area contributed by atoms with E-state index in [1.807, 2.05) is 25.1 Å². The number of nitrogens with one attached hydrogen (secondary N) is 2. The fraction of sp³-hybridized carbons (Fsp3) is 0.0625. The van der Waals surface area contributed by atoms with Gasteiger partial charge in [0.05, 0.1) is 29.5 Å². The van der Waals surface area contributed by atoms with Crippen LogP contribution in [0.4, 0.5) is 0 Å². The lowest BCUT2D eigenvalue weighted by Crippen LogP contribution is -2.19. The summed E-state index contributed by atoms with van der Waals surface area (Å²) in [4.78, 5) is 29.0. The quantitative estimate of drug-likeness (QED) is 0.0788. The van der Waals surface area contributed by atoms with Gasteiger partial charge in [-0.15, -0.1) is 0 Å². The third-order valence-corrected chi connectivity index (χ3v) is 7.11. The van der Waals surface area contributed by atoms with Crippen molar-refractivity contribution < 1.29 is 19.1 Å². The third-order valence-electron chi connectivity index (χ3n) is 6.25. The van der Waals surface area contributed by atoms with E-state index in [0.717, 1.165) is 4.47 Å². The minimum absolute atomic E-state index is 0.211. The predicted molar refractivity (Wildman–Crippen MR) is 165 cm³/mol. The lowest BCUT2D eigenvalue weighted by Gasteiger charge is -2.11. The van der Waals surface area contributed by atoms with E-state index in [-0.39, 0.29) is 11.4 Å². The molecule has 5 aromatic rings. The van der Waals surface area contributed by atoms with Crippen LogP contribution in [0.5, 0.6) is 11.5 Å².